The molecule has 1 aromatic carbocycles. The average Bonchev–Trinajstić information content (AvgIpc) is 3.00. The van der Waals surface area contributed by atoms with Crippen LogP contribution in [0, 0.1) is 5.82 Å². The number of halogens is 1. The smallest absolute Gasteiger partial charge is 0.303 e. The summed E-state index contributed by atoms with van der Waals surface area (Å²) in [5.74, 6) is -1.55. The number of amides is 1. The maximum absolute atomic E-state index is 13.6. The van der Waals surface area contributed by atoms with Gasteiger partial charge in [-0.15, -0.1) is 0 Å². The zero-order valence-electron chi connectivity index (χ0n) is 14.7. The van der Waals surface area contributed by atoms with E-state index in [2.05, 4.69) is 10.4 Å². The van der Waals surface area contributed by atoms with Crippen LogP contribution in [0.3, 0.4) is 0 Å². The van der Waals surface area contributed by atoms with Crippen LogP contribution in [0.2, 0.25) is 0 Å². The van der Waals surface area contributed by atoms with Gasteiger partial charge in [0.15, 0.2) is 5.69 Å². The number of aliphatic carboxylic acids is 1. The fourth-order valence-electron chi connectivity index (χ4n) is 3.31. The Labute approximate surface area is 151 Å². The van der Waals surface area contributed by atoms with Gasteiger partial charge in [-0.1, -0.05) is 6.07 Å². The highest BCUT2D eigenvalue weighted by Gasteiger charge is 2.26. The van der Waals surface area contributed by atoms with Crippen molar-refractivity contribution in [1.29, 1.82) is 0 Å². The van der Waals surface area contributed by atoms with Gasteiger partial charge < -0.3 is 10.4 Å². The molecule has 26 heavy (non-hydrogen) atoms. The molecule has 1 aliphatic carbocycles. The fourth-order valence-corrected chi connectivity index (χ4v) is 3.31. The number of nitrogens with zero attached hydrogens (tertiary/aromatic N) is 2. The lowest BCUT2D eigenvalue weighted by Gasteiger charge is -2.15. The van der Waals surface area contributed by atoms with Crippen molar-refractivity contribution < 1.29 is 19.1 Å². The molecule has 2 N–H and O–H groups in total. The number of nitrogens with one attached hydrogen (secondary N) is 1. The summed E-state index contributed by atoms with van der Waals surface area (Å²) in [7, 11) is 0. The third-order valence-corrected chi connectivity index (χ3v) is 4.62. The Hall–Kier alpha value is -2.70. The molecule has 0 aliphatic heterocycles. The van der Waals surface area contributed by atoms with Gasteiger partial charge in [0.1, 0.15) is 5.82 Å². The van der Waals surface area contributed by atoms with Gasteiger partial charge in [-0.05, 0) is 57.2 Å². The van der Waals surface area contributed by atoms with Crippen LogP contribution in [0.25, 0.3) is 5.69 Å². The third kappa shape index (κ3) is 3.92. The SMILES string of the molecule is CC(CCC(=O)O)NC(=O)c1nn(-c2cccc(F)c2)c2c1CCCC2. The molecule has 7 heteroatoms. The van der Waals surface area contributed by atoms with E-state index >= 15 is 0 Å². The number of carboxylic acids is 1. The van der Waals surface area contributed by atoms with Crippen LogP contribution in [-0.2, 0) is 17.6 Å². The molecule has 2 aromatic rings. The van der Waals surface area contributed by atoms with Gasteiger partial charge in [0, 0.05) is 23.7 Å². The highest BCUT2D eigenvalue weighted by molar-refractivity contribution is 5.94. The topological polar surface area (TPSA) is 84.2 Å². The van der Waals surface area contributed by atoms with Gasteiger partial charge in [-0.25, -0.2) is 9.07 Å². The quantitative estimate of drug-likeness (QED) is 0.831. The first-order valence-corrected chi connectivity index (χ1v) is 8.85. The van der Waals surface area contributed by atoms with Crippen LogP contribution < -0.4 is 5.32 Å². The average molecular weight is 359 g/mol. The lowest BCUT2D eigenvalue weighted by Crippen LogP contribution is -2.34. The minimum Gasteiger partial charge on any atom is -0.481 e. The van der Waals surface area contributed by atoms with Gasteiger partial charge >= 0.3 is 5.97 Å². The molecule has 3 rings (SSSR count). The van der Waals surface area contributed by atoms with Gasteiger partial charge in [-0.2, -0.15) is 5.10 Å². The van der Waals surface area contributed by atoms with E-state index in [1.807, 2.05) is 0 Å². The van der Waals surface area contributed by atoms with Gasteiger partial charge in [0.05, 0.1) is 5.69 Å². The third-order valence-electron chi connectivity index (χ3n) is 4.62. The molecule has 0 spiro atoms. The molecule has 1 aromatic heterocycles. The van der Waals surface area contributed by atoms with Crippen LogP contribution >= 0.6 is 0 Å². The first-order valence-electron chi connectivity index (χ1n) is 8.85. The number of rotatable bonds is 6. The Bertz CT molecular complexity index is 831. The van der Waals surface area contributed by atoms with Crippen LogP contribution in [0.15, 0.2) is 24.3 Å². The fraction of sp³-hybridized carbons (Fsp3) is 0.421. The molecule has 0 fully saturated rings. The standard InChI is InChI=1S/C19H22FN3O3/c1-12(9-10-17(24)25)21-19(26)18-15-7-2-3-8-16(15)23(22-18)14-6-4-5-13(20)11-14/h4-6,11-12H,2-3,7-10H2,1H3,(H,21,26)(H,24,25). The molecule has 1 unspecified atom stereocenters. The second-order valence-corrected chi connectivity index (χ2v) is 6.68. The number of hydrogen-bond acceptors (Lipinski definition) is 3. The number of hydrogen-bond donors (Lipinski definition) is 2. The van der Waals surface area contributed by atoms with Crippen LogP contribution in [0.5, 0.6) is 0 Å². The first kappa shape index (κ1) is 18.1. The van der Waals surface area contributed by atoms with Crippen molar-refractivity contribution in [2.45, 2.75) is 51.5 Å². The number of benzene rings is 1. The summed E-state index contributed by atoms with van der Waals surface area (Å²) in [5, 5.41) is 16.1. The molecule has 0 saturated carbocycles. The van der Waals surface area contributed by atoms with Crippen molar-refractivity contribution in [1.82, 2.24) is 15.1 Å². The summed E-state index contributed by atoms with van der Waals surface area (Å²) in [6.45, 7) is 1.77. The Morgan fingerprint density at radius 2 is 2.12 bits per heavy atom. The molecular formula is C19H22FN3O3. The van der Waals surface area contributed by atoms with E-state index in [-0.39, 0.29) is 24.2 Å². The van der Waals surface area contributed by atoms with E-state index in [4.69, 9.17) is 5.11 Å². The lowest BCUT2D eigenvalue weighted by molar-refractivity contribution is -0.137. The largest absolute Gasteiger partial charge is 0.481 e. The monoisotopic (exact) mass is 359 g/mol. The van der Waals surface area contributed by atoms with Crippen molar-refractivity contribution in [3.8, 4) is 5.69 Å². The zero-order valence-corrected chi connectivity index (χ0v) is 14.7. The first-order chi connectivity index (χ1) is 12.5. The molecule has 1 amide bonds. The molecule has 1 atom stereocenters. The molecule has 0 bridgehead atoms. The highest BCUT2D eigenvalue weighted by Crippen LogP contribution is 2.27. The Balaban J connectivity index is 1.88. The predicted octanol–water partition coefficient (Wildman–Crippen LogP) is 2.87. The summed E-state index contributed by atoms with van der Waals surface area (Å²) in [6.07, 6.45) is 3.89. The Kier molecular flexibility index (Phi) is 5.35. The lowest BCUT2D eigenvalue weighted by atomic mass is 9.95. The predicted molar refractivity (Wildman–Crippen MR) is 94.0 cm³/mol. The summed E-state index contributed by atoms with van der Waals surface area (Å²) in [5.41, 5.74) is 2.81. The highest BCUT2D eigenvalue weighted by atomic mass is 19.1. The number of carboxylic acid groups (broad SMARTS) is 1. The summed E-state index contributed by atoms with van der Waals surface area (Å²) >= 11 is 0. The minimum absolute atomic E-state index is 0.00269. The summed E-state index contributed by atoms with van der Waals surface area (Å²) in [4.78, 5) is 23.4. The number of aromatic nitrogens is 2. The van der Waals surface area contributed by atoms with Gasteiger partial charge in [0.2, 0.25) is 0 Å². The van der Waals surface area contributed by atoms with E-state index in [9.17, 15) is 14.0 Å². The summed E-state index contributed by atoms with van der Waals surface area (Å²) in [6, 6.07) is 5.89. The second-order valence-electron chi connectivity index (χ2n) is 6.68. The van der Waals surface area contributed by atoms with Crippen molar-refractivity contribution >= 4 is 11.9 Å². The molecule has 138 valence electrons. The molecule has 6 nitrogen and oxygen atoms in total. The van der Waals surface area contributed by atoms with Crippen LogP contribution in [0.1, 0.15) is 54.4 Å². The van der Waals surface area contributed by atoms with Crippen LogP contribution in [0.4, 0.5) is 4.39 Å². The van der Waals surface area contributed by atoms with E-state index in [0.717, 1.165) is 36.9 Å². The Morgan fingerprint density at radius 1 is 1.35 bits per heavy atom. The number of carbonyl (C=O) groups excluding carboxylic acids is 1. The molecular weight excluding hydrogens is 337 g/mol. The number of carbonyl (C=O) groups is 2. The van der Waals surface area contributed by atoms with E-state index in [0.29, 0.717) is 17.8 Å². The maximum atomic E-state index is 13.6. The van der Waals surface area contributed by atoms with E-state index < -0.39 is 5.97 Å². The minimum atomic E-state index is -0.890. The molecule has 0 radical (unpaired) electrons. The van der Waals surface area contributed by atoms with Crippen LogP contribution in [-0.4, -0.2) is 32.8 Å². The van der Waals surface area contributed by atoms with E-state index in [1.54, 1.807) is 23.7 Å². The maximum Gasteiger partial charge on any atom is 0.303 e. The second kappa shape index (κ2) is 7.68. The van der Waals surface area contributed by atoms with Crippen molar-refractivity contribution in [3.05, 3.63) is 47.0 Å². The molecule has 0 saturated heterocycles. The van der Waals surface area contributed by atoms with E-state index in [1.165, 1.54) is 12.1 Å². The summed E-state index contributed by atoms with van der Waals surface area (Å²) < 4.78 is 15.3. The molecule has 1 heterocycles. The van der Waals surface area contributed by atoms with Gasteiger partial charge in [0.25, 0.3) is 5.91 Å². The zero-order chi connectivity index (χ0) is 18.7. The van der Waals surface area contributed by atoms with Gasteiger partial charge in [-0.3, -0.25) is 9.59 Å². The van der Waals surface area contributed by atoms with Crippen molar-refractivity contribution in [2.24, 2.45) is 0 Å². The van der Waals surface area contributed by atoms with Crippen molar-refractivity contribution in [2.75, 3.05) is 0 Å². The Morgan fingerprint density at radius 3 is 2.85 bits per heavy atom. The van der Waals surface area contributed by atoms with Crippen molar-refractivity contribution in [3.63, 3.8) is 0 Å². The number of fused-ring (bicyclic) bond motifs is 1. The molecule has 1 aliphatic rings. The normalized spacial score (nSPS) is 14.5.